The van der Waals surface area contributed by atoms with Crippen LogP contribution < -0.4 is 21.1 Å². The summed E-state index contributed by atoms with van der Waals surface area (Å²) >= 11 is 0. The first-order valence-electron chi connectivity index (χ1n) is 14.4. The van der Waals surface area contributed by atoms with Gasteiger partial charge in [-0.1, -0.05) is 37.3 Å². The molecule has 1 saturated carbocycles. The number of aryl methyl sites for hydroxylation is 1. The van der Waals surface area contributed by atoms with Gasteiger partial charge in [0.25, 0.3) is 0 Å². The number of fused-ring (bicyclic) bond motifs is 13. The Labute approximate surface area is 240 Å². The number of carbonyl (C=O) groups is 3. The first-order valence-corrected chi connectivity index (χ1v) is 14.4. The van der Waals surface area contributed by atoms with Crippen LogP contribution in [0.25, 0.3) is 0 Å². The fourth-order valence-electron chi connectivity index (χ4n) is 5.33. The summed E-state index contributed by atoms with van der Waals surface area (Å²) in [5.74, 6) is -2.08. The molecule has 41 heavy (non-hydrogen) atoms. The van der Waals surface area contributed by atoms with Crippen LogP contribution in [0.2, 0.25) is 0 Å². The zero-order valence-electron chi connectivity index (χ0n) is 23.8. The van der Waals surface area contributed by atoms with E-state index in [1.165, 1.54) is 29.6 Å². The number of ether oxygens (including phenoxy) is 1. The first kappa shape index (κ1) is 30.5. The van der Waals surface area contributed by atoms with Crippen molar-refractivity contribution in [3.63, 3.8) is 0 Å². The van der Waals surface area contributed by atoms with E-state index in [1.54, 1.807) is 6.07 Å². The average molecular weight is 569 g/mol. The van der Waals surface area contributed by atoms with Gasteiger partial charge in [-0.05, 0) is 67.3 Å². The van der Waals surface area contributed by atoms with E-state index in [0.717, 1.165) is 24.8 Å². The number of hydrogen-bond acceptors (Lipinski definition) is 6. The SMILES string of the molecule is CCc1cccc(C2(NC[C@@H](O)[C@@H]3Cc4ccc(c(F)c4)OCCCCC(=O)N(C)C(CC(N)=O)C(=O)N3)CC2)c1. The topological polar surface area (TPSA) is 134 Å². The Morgan fingerprint density at radius 2 is 2.02 bits per heavy atom. The number of nitrogens with zero attached hydrogens (tertiary/aromatic N) is 1. The number of nitrogens with one attached hydrogen (secondary N) is 2. The summed E-state index contributed by atoms with van der Waals surface area (Å²) in [5, 5.41) is 17.7. The lowest BCUT2D eigenvalue weighted by Gasteiger charge is -2.31. The summed E-state index contributed by atoms with van der Waals surface area (Å²) in [6.45, 7) is 2.50. The molecule has 0 aromatic heterocycles. The molecular formula is C31H41FN4O5. The molecule has 1 aliphatic carbocycles. The lowest BCUT2D eigenvalue weighted by Crippen LogP contribution is -2.56. The third kappa shape index (κ3) is 7.83. The third-order valence-corrected chi connectivity index (χ3v) is 8.13. The predicted octanol–water partition coefficient (Wildman–Crippen LogP) is 2.32. The van der Waals surface area contributed by atoms with E-state index in [9.17, 15) is 23.9 Å². The highest BCUT2D eigenvalue weighted by Crippen LogP contribution is 2.45. The summed E-state index contributed by atoms with van der Waals surface area (Å²) in [6, 6.07) is 11.0. The number of benzene rings is 2. The molecule has 10 heteroatoms. The molecule has 2 aromatic carbocycles. The Bertz CT molecular complexity index is 1250. The summed E-state index contributed by atoms with van der Waals surface area (Å²) in [7, 11) is 1.47. The lowest BCUT2D eigenvalue weighted by atomic mass is 9.97. The van der Waals surface area contributed by atoms with E-state index in [0.29, 0.717) is 18.4 Å². The fraction of sp³-hybridized carbons (Fsp3) is 0.516. The molecule has 2 aliphatic heterocycles. The highest BCUT2D eigenvalue weighted by Gasteiger charge is 2.44. The van der Waals surface area contributed by atoms with Crippen molar-refractivity contribution >= 4 is 17.7 Å². The van der Waals surface area contributed by atoms with Crippen LogP contribution >= 0.6 is 0 Å². The van der Waals surface area contributed by atoms with Crippen molar-refractivity contribution in [2.75, 3.05) is 20.2 Å². The monoisotopic (exact) mass is 568 g/mol. The van der Waals surface area contributed by atoms with Gasteiger partial charge < -0.3 is 31.1 Å². The second-order valence-corrected chi connectivity index (χ2v) is 11.2. The van der Waals surface area contributed by atoms with Crippen molar-refractivity contribution in [3.8, 4) is 5.75 Å². The minimum Gasteiger partial charge on any atom is -0.491 e. The van der Waals surface area contributed by atoms with Gasteiger partial charge in [-0.2, -0.15) is 0 Å². The normalized spacial score (nSPS) is 22.1. The first-order chi connectivity index (χ1) is 19.6. The zero-order chi connectivity index (χ0) is 29.6. The number of primary amides is 1. The van der Waals surface area contributed by atoms with Gasteiger partial charge in [0, 0.05) is 25.6 Å². The molecule has 2 aromatic rings. The third-order valence-electron chi connectivity index (χ3n) is 8.13. The molecule has 3 amide bonds. The molecule has 9 nitrogen and oxygen atoms in total. The number of hydrogen-bond donors (Lipinski definition) is 4. The van der Waals surface area contributed by atoms with E-state index in [1.807, 2.05) is 6.07 Å². The van der Waals surface area contributed by atoms with Crippen LogP contribution in [0.1, 0.15) is 62.1 Å². The second kappa shape index (κ2) is 13.4. The second-order valence-electron chi connectivity index (χ2n) is 11.2. The van der Waals surface area contributed by atoms with Gasteiger partial charge in [-0.25, -0.2) is 4.39 Å². The average Bonchev–Trinajstić information content (AvgIpc) is 3.75. The van der Waals surface area contributed by atoms with Crippen molar-refractivity contribution < 1.29 is 28.6 Å². The Balaban J connectivity index is 1.58. The van der Waals surface area contributed by atoms with E-state index >= 15 is 0 Å². The standard InChI is InChI=1S/C31H41FN4O5/c1-3-20-7-6-8-22(15-20)31(12-13-31)34-19-26(37)24-17-21-10-11-27(23(32)16-21)41-14-5-4-9-29(39)36(2)25(18-28(33)38)30(40)35-24/h6-8,10-11,15-16,24-26,34,37H,3-5,9,12-14,17-19H2,1-2H3,(H2,33,38)(H,35,40)/t24-,25?,26+/m0/s1. The molecule has 1 fully saturated rings. The van der Waals surface area contributed by atoms with Gasteiger partial charge in [-0.15, -0.1) is 0 Å². The summed E-state index contributed by atoms with van der Waals surface area (Å²) < 4.78 is 20.4. The highest BCUT2D eigenvalue weighted by atomic mass is 19.1. The lowest BCUT2D eigenvalue weighted by molar-refractivity contribution is -0.141. The van der Waals surface area contributed by atoms with Crippen LogP contribution in [0.5, 0.6) is 5.75 Å². The van der Waals surface area contributed by atoms with Crippen molar-refractivity contribution in [1.29, 1.82) is 0 Å². The van der Waals surface area contributed by atoms with Crippen LogP contribution in [0.15, 0.2) is 42.5 Å². The molecular weight excluding hydrogens is 527 g/mol. The molecule has 5 N–H and O–H groups in total. The van der Waals surface area contributed by atoms with E-state index in [4.69, 9.17) is 10.5 Å². The van der Waals surface area contributed by atoms with Gasteiger partial charge in [0.1, 0.15) is 6.04 Å². The van der Waals surface area contributed by atoms with Crippen molar-refractivity contribution in [2.24, 2.45) is 5.73 Å². The molecule has 0 saturated heterocycles. The van der Waals surface area contributed by atoms with Crippen molar-refractivity contribution in [3.05, 3.63) is 65.0 Å². The number of halogens is 1. The fourth-order valence-corrected chi connectivity index (χ4v) is 5.33. The van der Waals surface area contributed by atoms with Gasteiger partial charge in [0.05, 0.1) is 25.2 Å². The zero-order valence-corrected chi connectivity index (χ0v) is 23.8. The minimum absolute atomic E-state index is 0.110. The predicted molar refractivity (Wildman–Crippen MR) is 152 cm³/mol. The van der Waals surface area contributed by atoms with Crippen molar-refractivity contribution in [1.82, 2.24) is 15.5 Å². The number of nitrogens with two attached hydrogens (primary N) is 1. The van der Waals surface area contributed by atoms with Gasteiger partial charge in [-0.3, -0.25) is 14.4 Å². The maximum absolute atomic E-state index is 14.8. The molecule has 3 atom stereocenters. The van der Waals surface area contributed by atoms with E-state index in [2.05, 4.69) is 35.8 Å². The molecule has 2 heterocycles. The highest BCUT2D eigenvalue weighted by molar-refractivity contribution is 5.91. The number of rotatable bonds is 8. The van der Waals surface area contributed by atoms with E-state index < -0.39 is 35.8 Å². The Morgan fingerprint density at radius 1 is 1.24 bits per heavy atom. The quantitative estimate of drug-likeness (QED) is 0.386. The summed E-state index contributed by atoms with van der Waals surface area (Å²) in [6.07, 6.45) is 2.56. The number of carbonyl (C=O) groups excluding carboxylic acids is 3. The molecule has 2 bridgehead atoms. The molecule has 222 valence electrons. The number of aliphatic hydroxyl groups excluding tert-OH is 1. The van der Waals surface area contributed by atoms with Gasteiger partial charge in [0.2, 0.25) is 17.7 Å². The van der Waals surface area contributed by atoms with E-state index in [-0.39, 0.29) is 49.6 Å². The van der Waals surface area contributed by atoms with Gasteiger partial charge >= 0.3 is 0 Å². The van der Waals surface area contributed by atoms with Crippen LogP contribution in [0, 0.1) is 5.82 Å². The smallest absolute Gasteiger partial charge is 0.243 e. The Morgan fingerprint density at radius 3 is 2.71 bits per heavy atom. The van der Waals surface area contributed by atoms with Gasteiger partial charge in [0.15, 0.2) is 11.6 Å². The largest absolute Gasteiger partial charge is 0.491 e. The molecule has 0 radical (unpaired) electrons. The maximum atomic E-state index is 14.8. The van der Waals surface area contributed by atoms with Crippen molar-refractivity contribution in [2.45, 2.75) is 82.0 Å². The minimum atomic E-state index is -1.14. The Hall–Kier alpha value is -3.50. The summed E-state index contributed by atoms with van der Waals surface area (Å²) in [4.78, 5) is 39.4. The number of amides is 3. The molecule has 1 unspecified atom stereocenters. The van der Waals surface area contributed by atoms with Crippen LogP contribution in [-0.4, -0.2) is 66.1 Å². The van der Waals surface area contributed by atoms with Crippen LogP contribution in [0.3, 0.4) is 0 Å². The molecule has 5 rings (SSSR count). The summed E-state index contributed by atoms with van der Waals surface area (Å²) in [5.41, 5.74) is 8.13. The molecule has 3 aliphatic rings. The maximum Gasteiger partial charge on any atom is 0.243 e. The Kier molecular flexibility index (Phi) is 9.99. The van der Waals surface area contributed by atoms with Crippen LogP contribution in [-0.2, 0) is 32.8 Å². The van der Waals surface area contributed by atoms with Crippen LogP contribution in [0.4, 0.5) is 4.39 Å². The molecule has 0 spiro atoms. The number of likely N-dealkylation sites (N-methyl/N-ethyl adjacent to an activating group) is 1. The number of aliphatic hydroxyl groups is 1.